The third-order valence-corrected chi connectivity index (χ3v) is 16.0. The molecule has 0 radical (unpaired) electrons. The molecule has 454 valence electrons. The second kappa shape index (κ2) is 66.4. The van der Waals surface area contributed by atoms with Gasteiger partial charge < -0.3 is 14.2 Å². The van der Waals surface area contributed by atoms with Gasteiger partial charge >= 0.3 is 17.9 Å². The highest BCUT2D eigenvalue weighted by molar-refractivity contribution is 5.71. The van der Waals surface area contributed by atoms with Gasteiger partial charge in [0.15, 0.2) is 6.10 Å². The van der Waals surface area contributed by atoms with Crippen LogP contribution in [0, 0.1) is 0 Å². The zero-order valence-corrected chi connectivity index (χ0v) is 52.3. The molecule has 0 saturated carbocycles. The van der Waals surface area contributed by atoms with Crippen molar-refractivity contribution in [2.75, 3.05) is 13.2 Å². The predicted octanol–water partition coefficient (Wildman–Crippen LogP) is 23.8. The van der Waals surface area contributed by atoms with E-state index in [2.05, 4.69) is 45.1 Å². The Kier molecular flexibility index (Phi) is 64.6. The first kappa shape index (κ1) is 74.9. The van der Waals surface area contributed by atoms with Gasteiger partial charge in [0.05, 0.1) is 0 Å². The van der Waals surface area contributed by atoms with E-state index in [4.69, 9.17) is 14.2 Å². The molecule has 0 aromatic rings. The number of rotatable bonds is 65. The second-order valence-electron chi connectivity index (χ2n) is 23.8. The summed E-state index contributed by atoms with van der Waals surface area (Å²) in [5.74, 6) is -0.830. The summed E-state index contributed by atoms with van der Waals surface area (Å²) in [6, 6.07) is 0. The van der Waals surface area contributed by atoms with Gasteiger partial charge in [-0.1, -0.05) is 347 Å². The third kappa shape index (κ3) is 64.6. The topological polar surface area (TPSA) is 78.9 Å². The minimum atomic E-state index is -0.767. The molecule has 1 unspecified atom stereocenters. The number of hydrogen-bond acceptors (Lipinski definition) is 6. The van der Waals surface area contributed by atoms with Gasteiger partial charge in [-0.15, -0.1) is 0 Å². The van der Waals surface area contributed by atoms with E-state index in [1.54, 1.807) is 0 Å². The van der Waals surface area contributed by atoms with Gasteiger partial charge in [0.2, 0.25) is 0 Å². The molecule has 0 heterocycles. The maximum atomic E-state index is 12.9. The summed E-state index contributed by atoms with van der Waals surface area (Å²) in [7, 11) is 0. The van der Waals surface area contributed by atoms with Crippen molar-refractivity contribution in [1.82, 2.24) is 0 Å². The van der Waals surface area contributed by atoms with Gasteiger partial charge in [-0.05, 0) is 51.4 Å². The number of carbonyl (C=O) groups is 3. The normalized spacial score (nSPS) is 12.1. The van der Waals surface area contributed by atoms with Crippen LogP contribution < -0.4 is 0 Å². The summed E-state index contributed by atoms with van der Waals surface area (Å²) in [6.45, 7) is 6.72. The average Bonchev–Trinajstić information content (AvgIpc) is 3.43. The Hall–Kier alpha value is -2.11. The minimum Gasteiger partial charge on any atom is -0.462 e. The van der Waals surface area contributed by atoms with Gasteiger partial charge in [-0.25, -0.2) is 0 Å². The highest BCUT2D eigenvalue weighted by atomic mass is 16.6. The fourth-order valence-corrected chi connectivity index (χ4v) is 10.7. The largest absolute Gasteiger partial charge is 0.462 e. The molecule has 0 rings (SSSR count). The Bertz CT molecular complexity index is 1240. The van der Waals surface area contributed by atoms with Crippen LogP contribution in [0.2, 0.25) is 0 Å². The first-order chi connectivity index (χ1) is 38.0. The van der Waals surface area contributed by atoms with Crippen molar-refractivity contribution < 1.29 is 28.6 Å². The lowest BCUT2D eigenvalue weighted by molar-refractivity contribution is -0.167. The fraction of sp³-hybridized carbons (Fsp3) is 0.901. The predicted molar refractivity (Wildman–Crippen MR) is 335 cm³/mol. The van der Waals surface area contributed by atoms with Crippen molar-refractivity contribution in [3.8, 4) is 0 Å². The van der Waals surface area contributed by atoms with Crippen LogP contribution in [-0.4, -0.2) is 37.2 Å². The molecular formula is C71H134O6. The van der Waals surface area contributed by atoms with E-state index >= 15 is 0 Å². The first-order valence-corrected chi connectivity index (χ1v) is 34.8. The van der Waals surface area contributed by atoms with E-state index < -0.39 is 6.10 Å². The van der Waals surface area contributed by atoms with Gasteiger partial charge in [-0.3, -0.25) is 14.4 Å². The molecule has 0 spiro atoms. The lowest BCUT2D eigenvalue weighted by atomic mass is 10.0. The molecule has 0 aromatic heterocycles. The quantitative estimate of drug-likeness (QED) is 0.0261. The molecular weight excluding hydrogens is 949 g/mol. The van der Waals surface area contributed by atoms with Crippen LogP contribution in [-0.2, 0) is 28.6 Å². The van der Waals surface area contributed by atoms with Gasteiger partial charge in [0, 0.05) is 19.3 Å². The van der Waals surface area contributed by atoms with Crippen molar-refractivity contribution >= 4 is 17.9 Å². The summed E-state index contributed by atoms with van der Waals surface area (Å²) in [5, 5.41) is 0. The first-order valence-electron chi connectivity index (χ1n) is 34.8. The molecule has 0 aliphatic rings. The lowest BCUT2D eigenvalue weighted by Gasteiger charge is -2.18. The van der Waals surface area contributed by atoms with Crippen LogP contribution in [0.5, 0.6) is 0 Å². The molecule has 0 N–H and O–H groups in total. The Balaban J connectivity index is 4.26. The molecule has 0 fully saturated rings. The summed E-state index contributed by atoms with van der Waals surface area (Å²) >= 11 is 0. The summed E-state index contributed by atoms with van der Waals surface area (Å²) in [6.07, 6.45) is 80.5. The van der Waals surface area contributed by atoms with Crippen molar-refractivity contribution in [3.05, 3.63) is 24.3 Å². The van der Waals surface area contributed by atoms with Crippen molar-refractivity contribution in [1.29, 1.82) is 0 Å². The van der Waals surface area contributed by atoms with Crippen LogP contribution in [0.3, 0.4) is 0 Å². The molecule has 0 aliphatic carbocycles. The van der Waals surface area contributed by atoms with E-state index in [1.165, 1.54) is 289 Å². The number of ether oxygens (including phenoxy) is 3. The highest BCUT2D eigenvalue weighted by Crippen LogP contribution is 2.19. The Morgan fingerprint density at radius 3 is 0.714 bits per heavy atom. The van der Waals surface area contributed by atoms with Gasteiger partial charge in [0.1, 0.15) is 13.2 Å². The number of carbonyl (C=O) groups excluding carboxylic acids is 3. The van der Waals surface area contributed by atoms with E-state index in [9.17, 15) is 14.4 Å². The highest BCUT2D eigenvalue weighted by Gasteiger charge is 2.19. The second-order valence-corrected chi connectivity index (χ2v) is 23.8. The number of esters is 3. The molecule has 0 bridgehead atoms. The Morgan fingerprint density at radius 2 is 0.468 bits per heavy atom. The molecule has 0 saturated heterocycles. The van der Waals surface area contributed by atoms with Crippen LogP contribution in [0.25, 0.3) is 0 Å². The maximum Gasteiger partial charge on any atom is 0.306 e. The smallest absolute Gasteiger partial charge is 0.306 e. The average molecular weight is 1080 g/mol. The molecule has 0 aliphatic heterocycles. The summed E-state index contributed by atoms with van der Waals surface area (Å²) in [4.78, 5) is 38.4. The number of unbranched alkanes of at least 4 members (excludes halogenated alkanes) is 50. The van der Waals surface area contributed by atoms with Crippen molar-refractivity contribution in [3.63, 3.8) is 0 Å². The fourth-order valence-electron chi connectivity index (χ4n) is 10.7. The van der Waals surface area contributed by atoms with Gasteiger partial charge in [-0.2, -0.15) is 0 Å². The SMILES string of the molecule is CCCCCCC/C=C\C/C=C\CCCCCCCCCCCCCCCC(=O)OCC(COC(=O)CCCCCCCCCCCCCCCCCCC)OC(=O)CCCCCCCCCCCCCCCCCCC. The molecule has 6 nitrogen and oxygen atoms in total. The molecule has 1 atom stereocenters. The van der Waals surface area contributed by atoms with Crippen LogP contribution in [0.15, 0.2) is 24.3 Å². The zero-order chi connectivity index (χ0) is 55.7. The van der Waals surface area contributed by atoms with Crippen LogP contribution in [0.4, 0.5) is 0 Å². The van der Waals surface area contributed by atoms with Gasteiger partial charge in [0.25, 0.3) is 0 Å². The monoisotopic (exact) mass is 1080 g/mol. The number of hydrogen-bond donors (Lipinski definition) is 0. The molecule has 77 heavy (non-hydrogen) atoms. The number of allylic oxidation sites excluding steroid dienone is 4. The standard InChI is InChI=1S/C71H134O6/c1-4-7-10-13-16-19-22-25-28-31-32-33-34-35-36-37-38-41-43-46-49-52-55-58-61-64-70(73)76-67-68(77-71(74)65-62-59-56-53-50-47-44-40-30-27-24-21-18-15-12-9-6-3)66-75-69(72)63-60-57-54-51-48-45-42-39-29-26-23-20-17-14-11-8-5-2/h22,25,31-32,68H,4-21,23-24,26-30,33-67H2,1-3H3/b25-22-,32-31-. The van der Waals surface area contributed by atoms with Crippen molar-refractivity contribution in [2.45, 2.75) is 399 Å². The Labute approximate surface area is 481 Å². The molecule has 0 amide bonds. The third-order valence-electron chi connectivity index (χ3n) is 16.0. The van der Waals surface area contributed by atoms with Crippen LogP contribution in [0.1, 0.15) is 393 Å². The van der Waals surface area contributed by atoms with Crippen LogP contribution >= 0.6 is 0 Å². The van der Waals surface area contributed by atoms with E-state index in [-0.39, 0.29) is 31.1 Å². The van der Waals surface area contributed by atoms with E-state index in [1.807, 2.05) is 0 Å². The lowest BCUT2D eigenvalue weighted by Crippen LogP contribution is -2.30. The summed E-state index contributed by atoms with van der Waals surface area (Å²) < 4.78 is 17.0. The molecule has 6 heteroatoms. The van der Waals surface area contributed by atoms with E-state index in [0.717, 1.165) is 64.2 Å². The van der Waals surface area contributed by atoms with E-state index in [0.29, 0.717) is 19.3 Å². The maximum absolute atomic E-state index is 12.9. The molecule has 0 aromatic carbocycles. The summed E-state index contributed by atoms with van der Waals surface area (Å²) in [5.41, 5.74) is 0. The minimum absolute atomic E-state index is 0.0640. The zero-order valence-electron chi connectivity index (χ0n) is 52.3. The Morgan fingerprint density at radius 1 is 0.260 bits per heavy atom. The van der Waals surface area contributed by atoms with Crippen molar-refractivity contribution in [2.24, 2.45) is 0 Å².